The lowest BCUT2D eigenvalue weighted by molar-refractivity contribution is 1.04. The number of anilines is 1. The molecule has 0 bridgehead atoms. The van der Waals surface area contributed by atoms with Gasteiger partial charge in [0.2, 0.25) is 5.95 Å². The molecule has 62 valence electrons. The zero-order valence-electron chi connectivity index (χ0n) is 7.00. The molecule has 1 aromatic heterocycles. The lowest BCUT2D eigenvalue weighted by Crippen LogP contribution is -1.98. The number of aromatic nitrogens is 2. The Bertz CT molecular complexity index is 260. The highest BCUT2D eigenvalue weighted by Gasteiger charge is 2.01. The van der Waals surface area contributed by atoms with Gasteiger partial charge < -0.3 is 5.73 Å². The van der Waals surface area contributed by atoms with Crippen LogP contribution in [-0.2, 0) is 0 Å². The van der Waals surface area contributed by atoms with E-state index in [4.69, 9.17) is 5.73 Å². The Kier molecular flexibility index (Phi) is 2.34. The highest BCUT2D eigenvalue weighted by atomic mass is 32.2. The fourth-order valence-electron chi connectivity index (χ4n) is 0.918. The number of thiol groups is 1. The summed E-state index contributed by atoms with van der Waals surface area (Å²) in [7, 11) is -0.109. The smallest absolute Gasteiger partial charge is 0.220 e. The van der Waals surface area contributed by atoms with E-state index < -0.39 is 0 Å². The summed E-state index contributed by atoms with van der Waals surface area (Å²) in [6.45, 7) is 1.97. The second-order valence-electron chi connectivity index (χ2n) is 2.59. The third kappa shape index (κ3) is 1.83. The standard InChI is InChI=1S/C7H13N3S/c1-5-6(11(2)3)4-9-7(8)10-5/h4,11H,1-3H3,(H2,8,9,10). The first kappa shape index (κ1) is 8.33. The van der Waals surface area contributed by atoms with Crippen LogP contribution in [0.15, 0.2) is 11.1 Å². The number of rotatable bonds is 1. The van der Waals surface area contributed by atoms with Crippen molar-refractivity contribution in [2.75, 3.05) is 18.2 Å². The summed E-state index contributed by atoms with van der Waals surface area (Å²) in [6, 6.07) is 0. The molecule has 0 aliphatic carbocycles. The highest BCUT2D eigenvalue weighted by molar-refractivity contribution is 8.15. The van der Waals surface area contributed by atoms with E-state index in [-0.39, 0.29) is 10.9 Å². The summed E-state index contributed by atoms with van der Waals surface area (Å²) >= 11 is 0. The van der Waals surface area contributed by atoms with Crippen molar-refractivity contribution in [1.82, 2.24) is 9.97 Å². The SMILES string of the molecule is Cc1nc(N)ncc1[SH](C)C. The van der Waals surface area contributed by atoms with Gasteiger partial charge in [-0.25, -0.2) is 20.9 Å². The van der Waals surface area contributed by atoms with Crippen molar-refractivity contribution in [2.45, 2.75) is 11.8 Å². The van der Waals surface area contributed by atoms with E-state index in [1.807, 2.05) is 13.1 Å². The summed E-state index contributed by atoms with van der Waals surface area (Å²) in [5, 5.41) is 0. The first-order valence-corrected chi connectivity index (χ1v) is 5.61. The monoisotopic (exact) mass is 171 g/mol. The van der Waals surface area contributed by atoms with Gasteiger partial charge in [-0.3, -0.25) is 0 Å². The Hall–Kier alpha value is -0.770. The topological polar surface area (TPSA) is 51.8 Å². The van der Waals surface area contributed by atoms with E-state index in [1.54, 1.807) is 0 Å². The van der Waals surface area contributed by atoms with Gasteiger partial charge in [-0.15, -0.1) is 0 Å². The van der Waals surface area contributed by atoms with Crippen molar-refractivity contribution in [3.05, 3.63) is 11.9 Å². The molecule has 0 radical (unpaired) electrons. The molecule has 0 saturated heterocycles. The summed E-state index contributed by atoms with van der Waals surface area (Å²) in [6.07, 6.45) is 6.18. The molecule has 0 fully saturated rings. The molecular weight excluding hydrogens is 158 g/mol. The number of nitrogens with zero attached hydrogens (tertiary/aromatic N) is 2. The molecule has 11 heavy (non-hydrogen) atoms. The summed E-state index contributed by atoms with van der Waals surface area (Å²) in [4.78, 5) is 9.25. The Balaban J connectivity index is 3.09. The van der Waals surface area contributed by atoms with E-state index in [0.29, 0.717) is 5.95 Å². The Morgan fingerprint density at radius 2 is 2.09 bits per heavy atom. The van der Waals surface area contributed by atoms with Gasteiger partial charge in [-0.05, 0) is 19.4 Å². The maximum Gasteiger partial charge on any atom is 0.220 e. The summed E-state index contributed by atoms with van der Waals surface area (Å²) < 4.78 is 0. The van der Waals surface area contributed by atoms with Crippen LogP contribution in [-0.4, -0.2) is 22.5 Å². The molecule has 0 saturated carbocycles. The Morgan fingerprint density at radius 1 is 1.45 bits per heavy atom. The third-order valence-electron chi connectivity index (χ3n) is 1.45. The quantitative estimate of drug-likeness (QED) is 0.619. The van der Waals surface area contributed by atoms with Crippen LogP contribution >= 0.6 is 10.9 Å². The zero-order chi connectivity index (χ0) is 8.43. The number of nitrogens with two attached hydrogens (primary N) is 1. The molecular formula is C7H13N3S. The number of hydrogen-bond donors (Lipinski definition) is 2. The van der Waals surface area contributed by atoms with Crippen LogP contribution in [0.1, 0.15) is 5.69 Å². The maximum atomic E-state index is 5.41. The normalized spacial score (nSPS) is 11.4. The van der Waals surface area contributed by atoms with Gasteiger partial charge in [0.25, 0.3) is 0 Å². The minimum atomic E-state index is -0.109. The van der Waals surface area contributed by atoms with Crippen LogP contribution in [0.5, 0.6) is 0 Å². The Labute approximate surface area is 69.4 Å². The first-order chi connectivity index (χ1) is 5.11. The molecule has 0 aliphatic rings. The van der Waals surface area contributed by atoms with Gasteiger partial charge >= 0.3 is 0 Å². The first-order valence-electron chi connectivity index (χ1n) is 3.37. The van der Waals surface area contributed by atoms with Crippen molar-refractivity contribution in [3.8, 4) is 0 Å². The number of nitrogen functional groups attached to an aromatic ring is 1. The van der Waals surface area contributed by atoms with Crippen LogP contribution in [0, 0.1) is 6.92 Å². The van der Waals surface area contributed by atoms with Gasteiger partial charge in [0.1, 0.15) is 0 Å². The van der Waals surface area contributed by atoms with Crippen molar-refractivity contribution in [1.29, 1.82) is 0 Å². The van der Waals surface area contributed by atoms with E-state index in [9.17, 15) is 0 Å². The summed E-state index contributed by atoms with van der Waals surface area (Å²) in [5.74, 6) is 0.364. The molecule has 1 heterocycles. The second-order valence-corrected chi connectivity index (χ2v) is 4.86. The molecule has 3 nitrogen and oxygen atoms in total. The molecule has 2 N–H and O–H groups in total. The van der Waals surface area contributed by atoms with Crippen LogP contribution in [0.25, 0.3) is 0 Å². The molecule has 0 amide bonds. The van der Waals surface area contributed by atoms with E-state index in [0.717, 1.165) is 5.69 Å². The van der Waals surface area contributed by atoms with Crippen LogP contribution in [0.3, 0.4) is 0 Å². The molecule has 0 atom stereocenters. The van der Waals surface area contributed by atoms with Gasteiger partial charge in [-0.1, -0.05) is 0 Å². The molecule has 0 unspecified atom stereocenters. The highest BCUT2D eigenvalue weighted by Crippen LogP contribution is 2.29. The maximum absolute atomic E-state index is 5.41. The number of aryl methyl sites for hydroxylation is 1. The molecule has 0 aliphatic heterocycles. The molecule has 1 rings (SSSR count). The minimum Gasteiger partial charge on any atom is -0.368 e. The average molecular weight is 171 g/mol. The minimum absolute atomic E-state index is 0.109. The third-order valence-corrected chi connectivity index (χ3v) is 2.86. The fourth-order valence-corrected chi connectivity index (χ4v) is 1.90. The predicted octanol–water partition coefficient (Wildman–Crippen LogP) is 0.987. The Morgan fingerprint density at radius 3 is 2.55 bits per heavy atom. The fraction of sp³-hybridized carbons (Fsp3) is 0.429. The van der Waals surface area contributed by atoms with Gasteiger partial charge in [0.05, 0.1) is 5.69 Å². The lowest BCUT2D eigenvalue weighted by atomic mass is 10.4. The average Bonchev–Trinajstić information content (AvgIpc) is 1.85. The van der Waals surface area contributed by atoms with Crippen LogP contribution < -0.4 is 5.73 Å². The van der Waals surface area contributed by atoms with Gasteiger partial charge in [0.15, 0.2) is 0 Å². The van der Waals surface area contributed by atoms with Crippen LogP contribution in [0.4, 0.5) is 5.95 Å². The van der Waals surface area contributed by atoms with Crippen molar-refractivity contribution >= 4 is 16.8 Å². The van der Waals surface area contributed by atoms with Crippen molar-refractivity contribution < 1.29 is 0 Å². The molecule has 0 spiro atoms. The van der Waals surface area contributed by atoms with Crippen LogP contribution in [0.2, 0.25) is 0 Å². The largest absolute Gasteiger partial charge is 0.368 e. The second kappa shape index (κ2) is 3.09. The summed E-state index contributed by atoms with van der Waals surface area (Å²) in [5.41, 5.74) is 6.42. The van der Waals surface area contributed by atoms with E-state index >= 15 is 0 Å². The van der Waals surface area contributed by atoms with Crippen molar-refractivity contribution in [3.63, 3.8) is 0 Å². The molecule has 4 heteroatoms. The van der Waals surface area contributed by atoms with Crippen molar-refractivity contribution in [2.24, 2.45) is 0 Å². The van der Waals surface area contributed by atoms with E-state index in [1.165, 1.54) is 4.90 Å². The zero-order valence-corrected chi connectivity index (χ0v) is 7.89. The molecule has 1 aromatic rings. The lowest BCUT2D eigenvalue weighted by Gasteiger charge is -2.10. The number of hydrogen-bond acceptors (Lipinski definition) is 3. The predicted molar refractivity (Wildman–Crippen MR) is 50.3 cm³/mol. The van der Waals surface area contributed by atoms with Gasteiger partial charge in [-0.2, -0.15) is 0 Å². The molecule has 0 aromatic carbocycles. The van der Waals surface area contributed by atoms with Gasteiger partial charge in [0, 0.05) is 11.1 Å². The van der Waals surface area contributed by atoms with E-state index in [2.05, 4.69) is 22.5 Å².